The van der Waals surface area contributed by atoms with Crippen LogP contribution in [0.1, 0.15) is 32.3 Å². The van der Waals surface area contributed by atoms with Crippen LogP contribution in [-0.2, 0) is 16.0 Å². The molecule has 24 heavy (non-hydrogen) atoms. The van der Waals surface area contributed by atoms with Gasteiger partial charge >= 0.3 is 5.97 Å². The molecule has 1 amide bonds. The van der Waals surface area contributed by atoms with E-state index in [9.17, 15) is 9.59 Å². The third kappa shape index (κ3) is 6.48. The fraction of sp³-hybridized carbons (Fsp3) is 0.556. The van der Waals surface area contributed by atoms with E-state index in [0.717, 1.165) is 5.56 Å². The first kappa shape index (κ1) is 19.8. The Kier molecular flexibility index (Phi) is 8.09. The first-order chi connectivity index (χ1) is 11.4. The van der Waals surface area contributed by atoms with E-state index in [1.807, 2.05) is 32.0 Å². The lowest BCUT2D eigenvalue weighted by atomic mass is 10.1. The average Bonchev–Trinajstić information content (AvgIpc) is 2.55. The Morgan fingerprint density at radius 1 is 1.17 bits per heavy atom. The molecule has 0 unspecified atom stereocenters. The lowest BCUT2D eigenvalue weighted by molar-refractivity contribution is -0.138. The third-order valence-corrected chi connectivity index (χ3v) is 3.63. The summed E-state index contributed by atoms with van der Waals surface area (Å²) in [4.78, 5) is 24.9. The number of methoxy groups -OCH3 is 2. The Morgan fingerprint density at radius 3 is 2.42 bits per heavy atom. The number of carboxylic acids is 1. The van der Waals surface area contributed by atoms with Crippen LogP contribution in [0.3, 0.4) is 0 Å². The number of hydrogen-bond donors (Lipinski definition) is 1. The van der Waals surface area contributed by atoms with Crippen LogP contribution in [0.15, 0.2) is 18.2 Å². The molecule has 6 nitrogen and oxygen atoms in total. The van der Waals surface area contributed by atoms with E-state index in [1.165, 1.54) is 0 Å². The van der Waals surface area contributed by atoms with Crippen LogP contribution in [0, 0.1) is 5.92 Å². The molecule has 1 rings (SSSR count). The minimum Gasteiger partial charge on any atom is -0.497 e. The number of aryl methyl sites for hydroxylation is 1. The summed E-state index contributed by atoms with van der Waals surface area (Å²) in [5, 5.41) is 8.84. The molecule has 134 valence electrons. The quantitative estimate of drug-likeness (QED) is 0.710. The molecule has 1 aromatic rings. The molecule has 0 radical (unpaired) electrons. The van der Waals surface area contributed by atoms with Gasteiger partial charge < -0.3 is 19.5 Å². The first-order valence-corrected chi connectivity index (χ1v) is 8.07. The van der Waals surface area contributed by atoms with Crippen molar-refractivity contribution < 1.29 is 24.2 Å². The summed E-state index contributed by atoms with van der Waals surface area (Å²) in [5.41, 5.74) is 0.896. The number of hydrogen-bond acceptors (Lipinski definition) is 4. The molecule has 0 spiro atoms. The maximum absolute atomic E-state index is 12.5. The molecule has 0 saturated heterocycles. The van der Waals surface area contributed by atoms with E-state index in [4.69, 9.17) is 14.6 Å². The van der Waals surface area contributed by atoms with Gasteiger partial charge in [-0.05, 0) is 36.1 Å². The SMILES string of the molecule is COc1ccc(OC)c(CCC(=O)N(CCC(=O)O)CC(C)C)c1. The largest absolute Gasteiger partial charge is 0.497 e. The minimum absolute atomic E-state index is 0.0407. The number of nitrogens with zero attached hydrogens (tertiary/aromatic N) is 1. The Hall–Kier alpha value is -2.24. The monoisotopic (exact) mass is 337 g/mol. The highest BCUT2D eigenvalue weighted by Gasteiger charge is 2.17. The van der Waals surface area contributed by atoms with Gasteiger partial charge in [0.1, 0.15) is 11.5 Å². The third-order valence-electron chi connectivity index (χ3n) is 3.63. The minimum atomic E-state index is -0.897. The highest BCUT2D eigenvalue weighted by Crippen LogP contribution is 2.25. The molecule has 0 heterocycles. The molecule has 0 aliphatic carbocycles. The highest BCUT2D eigenvalue weighted by molar-refractivity contribution is 5.77. The standard InChI is InChI=1S/C18H27NO5/c1-13(2)12-19(10-9-18(21)22)17(20)8-5-14-11-15(23-3)6-7-16(14)24-4/h6-7,11,13H,5,8-10,12H2,1-4H3,(H,21,22). The van der Waals surface area contributed by atoms with E-state index in [2.05, 4.69) is 0 Å². The number of benzene rings is 1. The maximum atomic E-state index is 12.5. The van der Waals surface area contributed by atoms with Crippen molar-refractivity contribution in [1.29, 1.82) is 0 Å². The van der Waals surface area contributed by atoms with Crippen molar-refractivity contribution in [3.05, 3.63) is 23.8 Å². The van der Waals surface area contributed by atoms with Crippen LogP contribution in [0.5, 0.6) is 11.5 Å². The fourth-order valence-corrected chi connectivity index (χ4v) is 2.47. The van der Waals surface area contributed by atoms with Crippen LogP contribution in [0.25, 0.3) is 0 Å². The van der Waals surface area contributed by atoms with E-state index < -0.39 is 5.97 Å². The summed E-state index contributed by atoms with van der Waals surface area (Å²) in [6, 6.07) is 5.48. The normalized spacial score (nSPS) is 10.5. The van der Waals surface area contributed by atoms with Crippen molar-refractivity contribution in [2.45, 2.75) is 33.1 Å². The van der Waals surface area contributed by atoms with Gasteiger partial charge in [-0.2, -0.15) is 0 Å². The molecule has 0 aliphatic rings. The van der Waals surface area contributed by atoms with Crippen molar-refractivity contribution in [3.63, 3.8) is 0 Å². The van der Waals surface area contributed by atoms with Crippen molar-refractivity contribution >= 4 is 11.9 Å². The molecular weight excluding hydrogens is 310 g/mol. The van der Waals surface area contributed by atoms with Gasteiger partial charge in [-0.3, -0.25) is 9.59 Å². The zero-order chi connectivity index (χ0) is 18.1. The van der Waals surface area contributed by atoms with Gasteiger partial charge in [0, 0.05) is 19.5 Å². The van der Waals surface area contributed by atoms with Crippen molar-refractivity contribution in [1.82, 2.24) is 4.90 Å². The van der Waals surface area contributed by atoms with Gasteiger partial charge in [-0.1, -0.05) is 13.8 Å². The predicted molar refractivity (Wildman–Crippen MR) is 91.5 cm³/mol. The number of aliphatic carboxylic acids is 1. The summed E-state index contributed by atoms with van der Waals surface area (Å²) in [6.45, 7) is 4.81. The Morgan fingerprint density at radius 2 is 1.88 bits per heavy atom. The maximum Gasteiger partial charge on any atom is 0.305 e. The summed E-state index contributed by atoms with van der Waals surface area (Å²) in [5.74, 6) is 0.766. The molecule has 0 aliphatic heterocycles. The molecule has 0 aromatic heterocycles. The van der Waals surface area contributed by atoms with Crippen LogP contribution in [-0.4, -0.2) is 49.2 Å². The molecule has 0 saturated carbocycles. The van der Waals surface area contributed by atoms with E-state index in [-0.39, 0.29) is 24.8 Å². The lowest BCUT2D eigenvalue weighted by Gasteiger charge is -2.24. The van der Waals surface area contributed by atoms with Crippen molar-refractivity contribution in [3.8, 4) is 11.5 Å². The number of rotatable bonds is 10. The summed E-state index contributed by atoms with van der Waals surface area (Å²) >= 11 is 0. The second-order valence-electron chi connectivity index (χ2n) is 6.06. The molecule has 6 heteroatoms. The number of carbonyl (C=O) groups is 2. The predicted octanol–water partition coefficient (Wildman–Crippen LogP) is 2.60. The second kappa shape index (κ2) is 9.80. The zero-order valence-corrected chi connectivity index (χ0v) is 14.9. The molecule has 0 bridgehead atoms. The smallest absolute Gasteiger partial charge is 0.305 e. The van der Waals surface area contributed by atoms with Gasteiger partial charge in [-0.25, -0.2) is 0 Å². The molecule has 1 aromatic carbocycles. The second-order valence-corrected chi connectivity index (χ2v) is 6.06. The number of ether oxygens (including phenoxy) is 2. The van der Waals surface area contributed by atoms with Crippen molar-refractivity contribution in [2.75, 3.05) is 27.3 Å². The van der Waals surface area contributed by atoms with Gasteiger partial charge in [-0.15, -0.1) is 0 Å². The number of carbonyl (C=O) groups excluding carboxylic acids is 1. The van der Waals surface area contributed by atoms with Gasteiger partial charge in [0.05, 0.1) is 20.6 Å². The first-order valence-electron chi connectivity index (χ1n) is 8.07. The van der Waals surface area contributed by atoms with Crippen LogP contribution < -0.4 is 9.47 Å². The zero-order valence-electron chi connectivity index (χ0n) is 14.9. The Balaban J connectivity index is 2.74. The van der Waals surface area contributed by atoms with Gasteiger partial charge in [0.15, 0.2) is 0 Å². The summed E-state index contributed by atoms with van der Waals surface area (Å²) in [7, 11) is 3.18. The summed E-state index contributed by atoms with van der Waals surface area (Å²) in [6.07, 6.45) is 0.775. The molecule has 1 N–H and O–H groups in total. The van der Waals surface area contributed by atoms with E-state index in [1.54, 1.807) is 19.1 Å². The number of amides is 1. The van der Waals surface area contributed by atoms with E-state index in [0.29, 0.717) is 30.9 Å². The van der Waals surface area contributed by atoms with Crippen LogP contribution in [0.2, 0.25) is 0 Å². The molecule has 0 atom stereocenters. The van der Waals surface area contributed by atoms with Gasteiger partial charge in [0.25, 0.3) is 0 Å². The van der Waals surface area contributed by atoms with Gasteiger partial charge in [0.2, 0.25) is 5.91 Å². The molecular formula is C18H27NO5. The number of carboxylic acid groups (broad SMARTS) is 1. The van der Waals surface area contributed by atoms with E-state index >= 15 is 0 Å². The Labute approximate surface area is 143 Å². The average molecular weight is 337 g/mol. The van der Waals surface area contributed by atoms with Crippen LogP contribution >= 0.6 is 0 Å². The topological polar surface area (TPSA) is 76.1 Å². The molecule has 0 fully saturated rings. The lowest BCUT2D eigenvalue weighted by Crippen LogP contribution is -2.36. The fourth-order valence-electron chi connectivity index (χ4n) is 2.47. The Bertz CT molecular complexity index is 556. The van der Waals surface area contributed by atoms with Crippen LogP contribution in [0.4, 0.5) is 0 Å². The van der Waals surface area contributed by atoms with Crippen molar-refractivity contribution in [2.24, 2.45) is 5.92 Å². The summed E-state index contributed by atoms with van der Waals surface area (Å²) < 4.78 is 10.5. The highest BCUT2D eigenvalue weighted by atomic mass is 16.5.